The predicted molar refractivity (Wildman–Crippen MR) is 68.2 cm³/mol. The number of hydrazine groups is 1. The number of hydrogen-bond acceptors (Lipinski definition) is 5. The normalized spacial score (nSPS) is 10.2. The van der Waals surface area contributed by atoms with E-state index in [4.69, 9.17) is 17.4 Å². The number of nitrogens with zero attached hydrogens (tertiary/aromatic N) is 3. The Morgan fingerprint density at radius 3 is 2.83 bits per heavy atom. The fourth-order valence-corrected chi connectivity index (χ4v) is 1.58. The lowest BCUT2D eigenvalue weighted by atomic mass is 10.2. The molecule has 0 aromatic carbocycles. The maximum absolute atomic E-state index is 11.9. The summed E-state index contributed by atoms with van der Waals surface area (Å²) in [6.07, 6.45) is 1.72. The lowest BCUT2D eigenvalue weighted by molar-refractivity contribution is 0.102. The summed E-state index contributed by atoms with van der Waals surface area (Å²) in [6, 6.07) is 4.62. The number of carbonyl (C=O) groups is 1. The Bertz CT molecular complexity index is 581. The Labute approximate surface area is 108 Å². The number of carbonyl (C=O) groups excluding carboxylic acids is 1. The summed E-state index contributed by atoms with van der Waals surface area (Å²) >= 11 is 5.77. The van der Waals surface area contributed by atoms with Crippen LogP contribution in [0.4, 0.5) is 11.6 Å². The van der Waals surface area contributed by atoms with E-state index >= 15 is 0 Å². The highest BCUT2D eigenvalue weighted by atomic mass is 35.5. The molecule has 0 atom stereocenters. The van der Waals surface area contributed by atoms with Gasteiger partial charge in [-0.15, -0.1) is 0 Å². The second-order valence-corrected chi connectivity index (χ2v) is 3.92. The molecule has 0 radical (unpaired) electrons. The first-order chi connectivity index (χ1) is 8.58. The van der Waals surface area contributed by atoms with Crippen molar-refractivity contribution < 1.29 is 4.79 Å². The molecule has 1 amide bonds. The van der Waals surface area contributed by atoms with Gasteiger partial charge in [0.1, 0.15) is 11.0 Å². The predicted octanol–water partition coefficient (Wildman–Crippen LogP) is 1.01. The van der Waals surface area contributed by atoms with Crippen LogP contribution in [0.15, 0.2) is 24.4 Å². The van der Waals surface area contributed by atoms with E-state index in [2.05, 4.69) is 20.8 Å². The maximum Gasteiger partial charge on any atom is 0.257 e. The van der Waals surface area contributed by atoms with Crippen LogP contribution >= 0.6 is 11.6 Å². The van der Waals surface area contributed by atoms with Crippen molar-refractivity contribution in [3.63, 3.8) is 0 Å². The van der Waals surface area contributed by atoms with E-state index in [9.17, 15) is 4.79 Å². The molecule has 7 nitrogen and oxygen atoms in total. The standard InChI is InChI=1S/C10H11ClN6O/c1-17-3-2-8(16-17)14-10(18)6-4-7(11)13-9(5-6)15-12/h2-5H,12H2,1H3,(H,13,15)(H,14,16,18). The maximum atomic E-state index is 11.9. The van der Waals surface area contributed by atoms with Gasteiger partial charge in [0.25, 0.3) is 5.91 Å². The van der Waals surface area contributed by atoms with Gasteiger partial charge in [-0.2, -0.15) is 5.10 Å². The Kier molecular flexibility index (Phi) is 3.45. The molecule has 0 spiro atoms. The molecular formula is C10H11ClN6O. The van der Waals surface area contributed by atoms with E-state index in [0.29, 0.717) is 17.2 Å². The number of anilines is 2. The average Bonchev–Trinajstić information content (AvgIpc) is 2.73. The number of nitrogens with one attached hydrogen (secondary N) is 2. The Hall–Kier alpha value is -2.12. The van der Waals surface area contributed by atoms with E-state index in [1.165, 1.54) is 12.1 Å². The SMILES string of the molecule is Cn1ccc(NC(=O)c2cc(Cl)nc(NN)c2)n1. The Morgan fingerprint density at radius 1 is 1.44 bits per heavy atom. The van der Waals surface area contributed by atoms with Gasteiger partial charge in [-0.3, -0.25) is 9.48 Å². The largest absolute Gasteiger partial charge is 0.308 e. The van der Waals surface area contributed by atoms with E-state index in [1.807, 2.05) is 0 Å². The molecule has 4 N–H and O–H groups in total. The number of hydrogen-bond donors (Lipinski definition) is 3. The van der Waals surface area contributed by atoms with Gasteiger partial charge in [0, 0.05) is 24.9 Å². The van der Waals surface area contributed by atoms with Crippen LogP contribution in [0.1, 0.15) is 10.4 Å². The minimum Gasteiger partial charge on any atom is -0.308 e. The van der Waals surface area contributed by atoms with Gasteiger partial charge in [0.05, 0.1) is 0 Å². The number of rotatable bonds is 3. The summed E-state index contributed by atoms with van der Waals surface area (Å²) in [6.45, 7) is 0. The van der Waals surface area contributed by atoms with Gasteiger partial charge in [0.15, 0.2) is 5.82 Å². The van der Waals surface area contributed by atoms with Gasteiger partial charge in [0.2, 0.25) is 0 Å². The molecule has 0 aliphatic rings. The molecule has 0 unspecified atom stereocenters. The molecule has 2 aromatic heterocycles. The summed E-state index contributed by atoms with van der Waals surface area (Å²) < 4.78 is 1.59. The zero-order valence-corrected chi connectivity index (χ0v) is 10.3. The highest BCUT2D eigenvalue weighted by molar-refractivity contribution is 6.30. The third kappa shape index (κ3) is 2.76. The molecule has 8 heteroatoms. The van der Waals surface area contributed by atoms with Crippen LogP contribution in [0.3, 0.4) is 0 Å². The van der Waals surface area contributed by atoms with E-state index in [0.717, 1.165) is 0 Å². The molecule has 2 aromatic rings. The number of halogens is 1. The number of aromatic nitrogens is 3. The van der Waals surface area contributed by atoms with Crippen LogP contribution in [0.5, 0.6) is 0 Å². The van der Waals surface area contributed by atoms with Gasteiger partial charge in [-0.25, -0.2) is 10.8 Å². The highest BCUT2D eigenvalue weighted by Gasteiger charge is 2.10. The lowest BCUT2D eigenvalue weighted by Crippen LogP contribution is -2.15. The molecule has 0 bridgehead atoms. The van der Waals surface area contributed by atoms with Gasteiger partial charge < -0.3 is 10.7 Å². The second-order valence-electron chi connectivity index (χ2n) is 3.54. The van der Waals surface area contributed by atoms with Crippen molar-refractivity contribution in [2.75, 3.05) is 10.7 Å². The van der Waals surface area contributed by atoms with Crippen LogP contribution in [0.25, 0.3) is 0 Å². The Morgan fingerprint density at radius 2 is 2.22 bits per heavy atom. The number of nitrogen functional groups attached to an aromatic ring is 1. The first-order valence-corrected chi connectivity index (χ1v) is 5.41. The van der Waals surface area contributed by atoms with Crippen molar-refractivity contribution in [2.24, 2.45) is 12.9 Å². The van der Waals surface area contributed by atoms with Gasteiger partial charge in [-0.1, -0.05) is 11.6 Å². The lowest BCUT2D eigenvalue weighted by Gasteiger charge is -2.05. The monoisotopic (exact) mass is 266 g/mol. The first kappa shape index (κ1) is 12.3. The van der Waals surface area contributed by atoms with Crippen molar-refractivity contribution in [3.05, 3.63) is 35.1 Å². The van der Waals surface area contributed by atoms with Gasteiger partial charge >= 0.3 is 0 Å². The van der Waals surface area contributed by atoms with E-state index in [1.54, 1.807) is 24.0 Å². The van der Waals surface area contributed by atoms with Crippen molar-refractivity contribution >= 4 is 29.1 Å². The van der Waals surface area contributed by atoms with Crippen molar-refractivity contribution in [2.45, 2.75) is 0 Å². The summed E-state index contributed by atoms with van der Waals surface area (Å²) in [5, 5.41) is 6.85. The van der Waals surface area contributed by atoms with Crippen molar-refractivity contribution in [1.29, 1.82) is 0 Å². The molecule has 0 saturated carbocycles. The van der Waals surface area contributed by atoms with Crippen molar-refractivity contribution in [3.8, 4) is 0 Å². The molecular weight excluding hydrogens is 256 g/mol. The summed E-state index contributed by atoms with van der Waals surface area (Å²) in [5.74, 6) is 5.66. The third-order valence-corrected chi connectivity index (χ3v) is 2.35. The van der Waals surface area contributed by atoms with E-state index < -0.39 is 0 Å². The average molecular weight is 267 g/mol. The summed E-state index contributed by atoms with van der Waals surface area (Å²) in [4.78, 5) is 15.8. The minimum absolute atomic E-state index is 0.177. The Balaban J connectivity index is 2.20. The highest BCUT2D eigenvalue weighted by Crippen LogP contribution is 2.15. The molecule has 2 rings (SSSR count). The fourth-order valence-electron chi connectivity index (χ4n) is 1.37. The zero-order chi connectivity index (χ0) is 13.1. The van der Waals surface area contributed by atoms with Crippen LogP contribution < -0.4 is 16.6 Å². The molecule has 18 heavy (non-hydrogen) atoms. The molecule has 0 fully saturated rings. The number of nitrogens with two attached hydrogens (primary N) is 1. The fraction of sp³-hybridized carbons (Fsp3) is 0.100. The quantitative estimate of drug-likeness (QED) is 0.437. The van der Waals surface area contributed by atoms with Crippen LogP contribution in [0, 0.1) is 0 Å². The van der Waals surface area contributed by atoms with Gasteiger partial charge in [-0.05, 0) is 12.1 Å². The third-order valence-electron chi connectivity index (χ3n) is 2.16. The van der Waals surface area contributed by atoms with Crippen LogP contribution in [0.2, 0.25) is 5.15 Å². The molecule has 0 aliphatic heterocycles. The molecule has 0 saturated heterocycles. The molecule has 0 aliphatic carbocycles. The smallest absolute Gasteiger partial charge is 0.257 e. The molecule has 2 heterocycles. The summed E-state index contributed by atoms with van der Waals surface area (Å²) in [5.41, 5.74) is 2.68. The number of pyridine rings is 1. The number of aryl methyl sites for hydroxylation is 1. The summed E-state index contributed by atoms with van der Waals surface area (Å²) in [7, 11) is 1.76. The van der Waals surface area contributed by atoms with Crippen molar-refractivity contribution in [1.82, 2.24) is 14.8 Å². The zero-order valence-electron chi connectivity index (χ0n) is 9.51. The molecule has 94 valence electrons. The van der Waals surface area contributed by atoms with Crippen LogP contribution in [-0.2, 0) is 7.05 Å². The minimum atomic E-state index is -0.338. The van der Waals surface area contributed by atoms with Crippen LogP contribution in [-0.4, -0.2) is 20.7 Å². The first-order valence-electron chi connectivity index (χ1n) is 5.03. The van der Waals surface area contributed by atoms with E-state index in [-0.39, 0.29) is 11.1 Å². The second kappa shape index (κ2) is 5.03. The topological polar surface area (TPSA) is 97.9 Å². The number of amides is 1.